The van der Waals surface area contributed by atoms with Gasteiger partial charge in [0.2, 0.25) is 0 Å². The monoisotopic (exact) mass is 324 g/mol. The number of nitrogens with two attached hydrogens (primary N) is 1. The van der Waals surface area contributed by atoms with E-state index in [-0.39, 0.29) is 18.5 Å². The van der Waals surface area contributed by atoms with Gasteiger partial charge in [0.1, 0.15) is 5.82 Å². The van der Waals surface area contributed by atoms with E-state index in [9.17, 15) is 9.18 Å². The van der Waals surface area contributed by atoms with Crippen molar-refractivity contribution in [2.24, 2.45) is 5.73 Å². The minimum Gasteiger partial charge on any atom is -0.364 e. The van der Waals surface area contributed by atoms with E-state index < -0.39 is 11.7 Å². The van der Waals surface area contributed by atoms with Crippen molar-refractivity contribution in [3.05, 3.63) is 47.5 Å². The third kappa shape index (κ3) is 2.75. The van der Waals surface area contributed by atoms with Crippen LogP contribution in [-0.2, 0) is 6.42 Å². The fourth-order valence-electron chi connectivity index (χ4n) is 2.47. The summed E-state index contributed by atoms with van der Waals surface area (Å²) in [6, 6.07) is 8.24. The molecule has 0 aliphatic rings. The summed E-state index contributed by atoms with van der Waals surface area (Å²) in [5, 5.41) is 20.1. The van der Waals surface area contributed by atoms with Crippen molar-refractivity contribution in [1.82, 2.24) is 15.2 Å². The Balaban J connectivity index is 2.12. The fourth-order valence-corrected chi connectivity index (χ4v) is 2.47. The highest BCUT2D eigenvalue weighted by Gasteiger charge is 2.18. The van der Waals surface area contributed by atoms with Crippen LogP contribution >= 0.6 is 0 Å². The van der Waals surface area contributed by atoms with Gasteiger partial charge >= 0.3 is 0 Å². The van der Waals surface area contributed by atoms with E-state index in [1.54, 1.807) is 24.4 Å². The molecule has 0 atom stereocenters. The van der Waals surface area contributed by atoms with Gasteiger partial charge in [-0.05, 0) is 24.6 Å². The van der Waals surface area contributed by atoms with Crippen molar-refractivity contribution < 1.29 is 9.18 Å². The average molecular weight is 324 g/mol. The van der Waals surface area contributed by atoms with Crippen LogP contribution in [0.3, 0.4) is 0 Å². The van der Waals surface area contributed by atoms with Crippen molar-refractivity contribution in [3.63, 3.8) is 0 Å². The molecule has 1 amide bonds. The molecule has 7 nitrogen and oxygen atoms in total. The minimum absolute atomic E-state index is 0.0439. The largest absolute Gasteiger partial charge is 0.364 e. The molecule has 120 valence electrons. The molecular formula is C16H13FN6O. The van der Waals surface area contributed by atoms with Crippen molar-refractivity contribution in [1.29, 1.82) is 5.26 Å². The summed E-state index contributed by atoms with van der Waals surface area (Å²) in [6.07, 6.45) is 2.07. The Labute approximate surface area is 136 Å². The van der Waals surface area contributed by atoms with Crippen molar-refractivity contribution >= 4 is 28.3 Å². The first kappa shape index (κ1) is 15.4. The predicted molar refractivity (Wildman–Crippen MR) is 86.0 cm³/mol. The molecule has 0 fully saturated rings. The van der Waals surface area contributed by atoms with Gasteiger partial charge in [-0.1, -0.05) is 6.07 Å². The third-order valence-corrected chi connectivity index (χ3v) is 3.58. The van der Waals surface area contributed by atoms with Gasteiger partial charge < -0.3 is 16.0 Å². The van der Waals surface area contributed by atoms with Crippen LogP contribution in [0.25, 0.3) is 11.0 Å². The standard InChI is InChI=1S/C16H13FN6O/c17-11-4-1-5-12(9(11)3-2-7-18)21-13-10-6-8-20-16(10)23-22-14(13)15(19)24/h1,4-6,8H,2-3H2,(H2,19,24)(H2,20,21,23). The summed E-state index contributed by atoms with van der Waals surface area (Å²) in [5.74, 6) is -1.17. The number of H-pyrrole nitrogens is 1. The average Bonchev–Trinajstić information content (AvgIpc) is 3.03. The zero-order chi connectivity index (χ0) is 17.1. The Bertz CT molecular complexity index is 959. The Morgan fingerprint density at radius 3 is 2.96 bits per heavy atom. The molecule has 1 aromatic carbocycles. The highest BCUT2D eigenvalue weighted by molar-refractivity contribution is 6.05. The number of carbonyl (C=O) groups excluding carboxylic acids is 1. The van der Waals surface area contributed by atoms with Crippen LogP contribution < -0.4 is 11.1 Å². The van der Waals surface area contributed by atoms with Gasteiger partial charge in [0, 0.05) is 29.3 Å². The first-order valence-electron chi connectivity index (χ1n) is 7.16. The summed E-state index contributed by atoms with van der Waals surface area (Å²) < 4.78 is 14.1. The number of fused-ring (bicyclic) bond motifs is 1. The summed E-state index contributed by atoms with van der Waals surface area (Å²) in [4.78, 5) is 14.5. The van der Waals surface area contributed by atoms with Crippen molar-refractivity contribution in [2.45, 2.75) is 12.8 Å². The Morgan fingerprint density at radius 1 is 1.38 bits per heavy atom. The highest BCUT2D eigenvalue weighted by Crippen LogP contribution is 2.30. The Hall–Kier alpha value is -3.47. The predicted octanol–water partition coefficient (Wildman–Crippen LogP) is 2.40. The second-order valence-electron chi connectivity index (χ2n) is 5.08. The van der Waals surface area contributed by atoms with Gasteiger partial charge in [-0.3, -0.25) is 4.79 Å². The van der Waals surface area contributed by atoms with Gasteiger partial charge in [0.25, 0.3) is 5.91 Å². The van der Waals surface area contributed by atoms with Crippen LogP contribution in [0.1, 0.15) is 22.5 Å². The number of aromatic amines is 1. The molecular weight excluding hydrogens is 311 g/mol. The molecule has 3 rings (SSSR count). The number of halogens is 1. The number of hydrogen-bond acceptors (Lipinski definition) is 5. The molecule has 2 aromatic heterocycles. The summed E-state index contributed by atoms with van der Waals surface area (Å²) in [7, 11) is 0. The number of anilines is 2. The van der Waals surface area contributed by atoms with Gasteiger partial charge in [-0.2, -0.15) is 5.26 Å². The maximum atomic E-state index is 14.1. The quantitative estimate of drug-likeness (QED) is 0.665. The number of nitriles is 1. The molecule has 24 heavy (non-hydrogen) atoms. The lowest BCUT2D eigenvalue weighted by Crippen LogP contribution is -2.17. The summed E-state index contributed by atoms with van der Waals surface area (Å²) >= 11 is 0. The molecule has 0 unspecified atom stereocenters. The smallest absolute Gasteiger partial charge is 0.271 e. The van der Waals surface area contributed by atoms with Crippen LogP contribution in [0.2, 0.25) is 0 Å². The van der Waals surface area contributed by atoms with E-state index in [1.165, 1.54) is 6.07 Å². The molecule has 0 saturated carbocycles. The molecule has 3 aromatic rings. The van der Waals surface area contributed by atoms with Gasteiger partial charge in [-0.15, -0.1) is 10.2 Å². The van der Waals surface area contributed by atoms with E-state index in [4.69, 9.17) is 11.0 Å². The first-order valence-corrected chi connectivity index (χ1v) is 7.16. The second kappa shape index (κ2) is 6.34. The van der Waals surface area contributed by atoms with E-state index in [0.29, 0.717) is 28.0 Å². The molecule has 8 heteroatoms. The summed E-state index contributed by atoms with van der Waals surface area (Å²) in [6.45, 7) is 0. The number of benzene rings is 1. The molecule has 0 spiro atoms. The number of carbonyl (C=O) groups is 1. The maximum absolute atomic E-state index is 14.1. The Morgan fingerprint density at radius 2 is 2.21 bits per heavy atom. The Kier molecular flexibility index (Phi) is 4.07. The number of nitrogens with one attached hydrogen (secondary N) is 2. The molecule has 0 saturated heterocycles. The summed E-state index contributed by atoms with van der Waals surface area (Å²) in [5.41, 5.74) is 6.94. The molecule has 4 N–H and O–H groups in total. The minimum atomic E-state index is -0.747. The first-order chi connectivity index (χ1) is 11.6. The van der Waals surface area contributed by atoms with Gasteiger partial charge in [0.05, 0.1) is 11.8 Å². The molecule has 0 aliphatic heterocycles. The van der Waals surface area contributed by atoms with Crippen LogP contribution in [0.4, 0.5) is 15.8 Å². The lowest BCUT2D eigenvalue weighted by atomic mass is 10.1. The topological polar surface area (TPSA) is 120 Å². The molecule has 0 aliphatic carbocycles. The van der Waals surface area contributed by atoms with Gasteiger partial charge in [0.15, 0.2) is 11.3 Å². The van der Waals surface area contributed by atoms with Crippen LogP contribution in [0.15, 0.2) is 30.5 Å². The fraction of sp³-hybridized carbons (Fsp3) is 0.125. The van der Waals surface area contributed by atoms with Crippen molar-refractivity contribution in [2.75, 3.05) is 5.32 Å². The van der Waals surface area contributed by atoms with Gasteiger partial charge in [-0.25, -0.2) is 4.39 Å². The normalized spacial score (nSPS) is 10.5. The molecule has 2 heterocycles. The van der Waals surface area contributed by atoms with E-state index in [2.05, 4.69) is 20.5 Å². The van der Waals surface area contributed by atoms with Crippen LogP contribution in [0, 0.1) is 17.1 Å². The third-order valence-electron chi connectivity index (χ3n) is 3.58. The zero-order valence-electron chi connectivity index (χ0n) is 12.5. The zero-order valence-corrected chi connectivity index (χ0v) is 12.5. The molecule has 0 radical (unpaired) electrons. The van der Waals surface area contributed by atoms with Crippen LogP contribution in [-0.4, -0.2) is 21.1 Å². The lowest BCUT2D eigenvalue weighted by Gasteiger charge is -2.14. The van der Waals surface area contributed by atoms with Crippen LogP contribution in [0.5, 0.6) is 0 Å². The number of nitrogens with zero attached hydrogens (tertiary/aromatic N) is 3. The van der Waals surface area contributed by atoms with Crippen molar-refractivity contribution in [3.8, 4) is 6.07 Å². The lowest BCUT2D eigenvalue weighted by molar-refractivity contribution is 0.0995. The second-order valence-corrected chi connectivity index (χ2v) is 5.08. The van der Waals surface area contributed by atoms with E-state index in [0.717, 1.165) is 0 Å². The number of amides is 1. The SMILES string of the molecule is N#CCCc1c(F)cccc1Nc1c(C(N)=O)nnc2[nH]ccc12. The maximum Gasteiger partial charge on any atom is 0.271 e. The number of primary amides is 1. The van der Waals surface area contributed by atoms with E-state index >= 15 is 0 Å². The number of hydrogen-bond donors (Lipinski definition) is 3. The van der Waals surface area contributed by atoms with E-state index in [1.807, 2.05) is 6.07 Å². The number of aromatic nitrogens is 3. The molecule has 0 bridgehead atoms. The number of rotatable bonds is 5. The highest BCUT2D eigenvalue weighted by atomic mass is 19.1.